The average Bonchev–Trinajstić information content (AvgIpc) is 3.65. The zero-order chi connectivity index (χ0) is 25.6. The van der Waals surface area contributed by atoms with E-state index in [-0.39, 0.29) is 27.6 Å². The monoisotopic (exact) mass is 507 g/mol. The van der Waals surface area contributed by atoms with Crippen LogP contribution in [0.15, 0.2) is 17.8 Å². The summed E-state index contributed by atoms with van der Waals surface area (Å²) in [4.78, 5) is 11.5. The van der Waals surface area contributed by atoms with Crippen LogP contribution in [0, 0.1) is 17.1 Å². The number of hydrogen-bond donors (Lipinski definition) is 1. The van der Waals surface area contributed by atoms with Gasteiger partial charge in [0.1, 0.15) is 22.4 Å². The van der Waals surface area contributed by atoms with E-state index in [9.17, 15) is 5.26 Å². The largest absolute Gasteiger partial charge is 0.389 e. The smallest absolute Gasteiger partial charge is 0.225 e. The Morgan fingerprint density at radius 1 is 1.28 bits per heavy atom. The van der Waals surface area contributed by atoms with Gasteiger partial charge in [-0.3, -0.25) is 0 Å². The van der Waals surface area contributed by atoms with Crippen LogP contribution in [0.1, 0.15) is 72.7 Å². The number of aromatic nitrogens is 2. The van der Waals surface area contributed by atoms with Gasteiger partial charge in [0.05, 0.1) is 23.7 Å². The van der Waals surface area contributed by atoms with Gasteiger partial charge in [0.2, 0.25) is 5.95 Å². The quantitative estimate of drug-likeness (QED) is 0.425. The molecule has 0 atom stereocenters. The van der Waals surface area contributed by atoms with Crippen molar-refractivity contribution in [1.29, 1.82) is 5.26 Å². The number of ether oxygens (including phenoxy) is 1. The van der Waals surface area contributed by atoms with Crippen LogP contribution in [0.2, 0.25) is 0 Å². The second-order valence-corrected chi connectivity index (χ2v) is 10.1. The number of hydrogen-bond acceptors (Lipinski definition) is 7. The third-order valence-corrected chi connectivity index (χ3v) is 8.08. The first-order valence-electron chi connectivity index (χ1n) is 12.1. The van der Waals surface area contributed by atoms with Crippen molar-refractivity contribution in [2.24, 2.45) is 0 Å². The number of rotatable bonds is 5. The molecule has 1 saturated heterocycles. The summed E-state index contributed by atoms with van der Waals surface area (Å²) >= 11 is 1.00. The molecule has 3 aromatic rings. The number of fused-ring (bicyclic) bond motifs is 3. The molecule has 0 radical (unpaired) electrons. The van der Waals surface area contributed by atoms with Gasteiger partial charge in [0.25, 0.3) is 0 Å². The molecule has 0 amide bonds. The molecule has 0 spiro atoms. The number of nitriles is 1. The second kappa shape index (κ2) is 9.60. The third kappa shape index (κ3) is 3.76. The lowest BCUT2D eigenvalue weighted by atomic mass is 9.85. The van der Waals surface area contributed by atoms with Crippen molar-refractivity contribution in [3.63, 3.8) is 0 Å². The predicted octanol–water partition coefficient (Wildman–Crippen LogP) is 6.48. The van der Waals surface area contributed by atoms with E-state index >= 15 is 8.78 Å². The van der Waals surface area contributed by atoms with Gasteiger partial charge in [0, 0.05) is 35.8 Å². The summed E-state index contributed by atoms with van der Waals surface area (Å²) in [6.07, 6.45) is 5.68. The van der Waals surface area contributed by atoms with Gasteiger partial charge in [-0.1, -0.05) is 18.6 Å². The molecule has 2 N–H and O–H groups in total. The number of nitrogens with zero attached hydrogens (tertiary/aromatic N) is 4. The number of allylic oxidation sites excluding steroid dienone is 2. The molecule has 9 heteroatoms. The lowest BCUT2D eigenvalue weighted by Gasteiger charge is -2.20. The zero-order valence-electron chi connectivity index (χ0n) is 20.5. The van der Waals surface area contributed by atoms with Crippen LogP contribution < -0.4 is 10.6 Å². The summed E-state index contributed by atoms with van der Waals surface area (Å²) < 4.78 is 37.5. The van der Waals surface area contributed by atoms with Gasteiger partial charge < -0.3 is 15.4 Å². The molecule has 36 heavy (non-hydrogen) atoms. The highest BCUT2D eigenvalue weighted by Crippen LogP contribution is 2.47. The standard InChI is InChI=1S/C27H27F2N5OS/c1-4-14(3)20(22-15(10-30)26(31)36-25(22)19(28)5-2)21-18-13-35-12-17(18)16-11-32-27(33-24(16)23(21)29)34-8-6-7-9-34/h5,11H,4,6-9,12-13,31H2,1-3H3/b19-5+,20-14+. The Morgan fingerprint density at radius 2 is 2.00 bits per heavy atom. The number of halogens is 2. The molecule has 1 fully saturated rings. The average molecular weight is 508 g/mol. The molecule has 0 aliphatic carbocycles. The van der Waals surface area contributed by atoms with E-state index in [2.05, 4.69) is 20.9 Å². The van der Waals surface area contributed by atoms with E-state index in [0.29, 0.717) is 46.6 Å². The lowest BCUT2D eigenvalue weighted by Crippen LogP contribution is -2.20. The summed E-state index contributed by atoms with van der Waals surface area (Å²) in [7, 11) is 0. The number of anilines is 2. The van der Waals surface area contributed by atoms with Crippen LogP contribution in [0.5, 0.6) is 0 Å². The molecule has 2 aromatic heterocycles. The predicted molar refractivity (Wildman–Crippen MR) is 140 cm³/mol. The molecule has 2 aliphatic rings. The fourth-order valence-electron chi connectivity index (χ4n) is 5.06. The molecule has 0 unspecified atom stereocenters. The minimum atomic E-state index is -0.514. The van der Waals surface area contributed by atoms with Gasteiger partial charge in [-0.25, -0.2) is 18.7 Å². The van der Waals surface area contributed by atoms with Crippen LogP contribution >= 0.6 is 11.3 Å². The molecule has 0 saturated carbocycles. The maximum Gasteiger partial charge on any atom is 0.225 e. The number of nitrogen functional groups attached to an aromatic ring is 1. The van der Waals surface area contributed by atoms with Crippen LogP contribution in [0.3, 0.4) is 0 Å². The Kier molecular flexibility index (Phi) is 6.49. The first kappa shape index (κ1) is 24.3. The minimum Gasteiger partial charge on any atom is -0.389 e. The number of thiophene rings is 1. The molecular formula is C27H27F2N5OS. The van der Waals surface area contributed by atoms with Crippen molar-refractivity contribution in [3.8, 4) is 6.07 Å². The lowest BCUT2D eigenvalue weighted by molar-refractivity contribution is 0.134. The number of nitrogens with two attached hydrogens (primary N) is 1. The van der Waals surface area contributed by atoms with E-state index in [1.165, 1.54) is 6.08 Å². The van der Waals surface area contributed by atoms with E-state index in [0.717, 1.165) is 48.4 Å². The van der Waals surface area contributed by atoms with E-state index in [1.807, 2.05) is 13.8 Å². The zero-order valence-corrected chi connectivity index (χ0v) is 21.4. The maximum atomic E-state index is 16.7. The van der Waals surface area contributed by atoms with Gasteiger partial charge >= 0.3 is 0 Å². The summed E-state index contributed by atoms with van der Waals surface area (Å²) in [5, 5.41) is 10.8. The minimum absolute atomic E-state index is 0.155. The summed E-state index contributed by atoms with van der Waals surface area (Å²) in [6.45, 7) is 7.58. The Bertz CT molecular complexity index is 1480. The van der Waals surface area contributed by atoms with Crippen LogP contribution in [0.4, 0.5) is 19.7 Å². The topological polar surface area (TPSA) is 88.1 Å². The summed E-state index contributed by atoms with van der Waals surface area (Å²) in [5.74, 6) is -0.516. The Labute approximate surface area is 212 Å². The summed E-state index contributed by atoms with van der Waals surface area (Å²) in [6, 6.07) is 2.13. The van der Waals surface area contributed by atoms with Crippen LogP contribution in [0.25, 0.3) is 22.3 Å². The van der Waals surface area contributed by atoms with E-state index in [4.69, 9.17) is 10.5 Å². The second-order valence-electron chi connectivity index (χ2n) is 9.07. The maximum absolute atomic E-state index is 16.7. The van der Waals surface area contributed by atoms with Crippen molar-refractivity contribution in [3.05, 3.63) is 56.4 Å². The fraction of sp³-hybridized carbons (Fsp3) is 0.370. The molecule has 6 nitrogen and oxygen atoms in total. The first-order valence-corrected chi connectivity index (χ1v) is 12.9. The van der Waals surface area contributed by atoms with Gasteiger partial charge in [-0.05, 0) is 49.8 Å². The van der Waals surface area contributed by atoms with Crippen LogP contribution in [-0.2, 0) is 18.0 Å². The number of benzene rings is 1. The van der Waals surface area contributed by atoms with Crippen molar-refractivity contribution in [2.45, 2.75) is 53.2 Å². The highest BCUT2D eigenvalue weighted by Gasteiger charge is 2.32. The molecular weight excluding hydrogens is 480 g/mol. The highest BCUT2D eigenvalue weighted by molar-refractivity contribution is 7.17. The van der Waals surface area contributed by atoms with Crippen molar-refractivity contribution in [1.82, 2.24) is 9.97 Å². The fourth-order valence-corrected chi connectivity index (χ4v) is 6.05. The molecule has 5 rings (SSSR count). The van der Waals surface area contributed by atoms with Crippen molar-refractivity contribution in [2.75, 3.05) is 23.7 Å². The molecule has 4 heterocycles. The normalized spacial score (nSPS) is 16.4. The van der Waals surface area contributed by atoms with E-state index in [1.54, 1.807) is 13.1 Å². The molecule has 1 aromatic carbocycles. The molecule has 0 bridgehead atoms. The third-order valence-electron chi connectivity index (χ3n) is 7.05. The van der Waals surface area contributed by atoms with Gasteiger partial charge in [-0.15, -0.1) is 11.3 Å². The molecule has 186 valence electrons. The Hall–Kier alpha value is -3.35. The van der Waals surface area contributed by atoms with Gasteiger partial charge in [-0.2, -0.15) is 5.26 Å². The van der Waals surface area contributed by atoms with Crippen molar-refractivity contribution >= 4 is 44.6 Å². The molecule has 2 aliphatic heterocycles. The SMILES string of the molecule is C/C=C(/F)c1sc(N)c(C#N)c1/C(=C(\C)CC)c1c2c(c3cnc(N4CCCC4)nc3c1F)COC2. The highest BCUT2D eigenvalue weighted by atomic mass is 32.1. The van der Waals surface area contributed by atoms with Crippen LogP contribution in [-0.4, -0.2) is 23.1 Å². The summed E-state index contributed by atoms with van der Waals surface area (Å²) in [5.41, 5.74) is 9.97. The van der Waals surface area contributed by atoms with Crippen molar-refractivity contribution < 1.29 is 13.5 Å². The van der Waals surface area contributed by atoms with Gasteiger partial charge in [0.15, 0.2) is 5.82 Å². The Morgan fingerprint density at radius 3 is 2.67 bits per heavy atom. The van der Waals surface area contributed by atoms with E-state index < -0.39 is 11.6 Å². The Balaban J connectivity index is 1.87. The first-order chi connectivity index (χ1) is 17.4.